The molecule has 0 aliphatic rings. The molecule has 0 N–H and O–H groups in total. The van der Waals surface area contributed by atoms with Gasteiger partial charge in [0.15, 0.2) is 0 Å². The minimum Gasteiger partial charge on any atom is -0.457 e. The van der Waals surface area contributed by atoms with Gasteiger partial charge in [-0.1, -0.05) is 12.1 Å². The van der Waals surface area contributed by atoms with E-state index >= 15 is 0 Å². The van der Waals surface area contributed by atoms with E-state index in [2.05, 4.69) is 0 Å². The van der Waals surface area contributed by atoms with Crippen LogP contribution in [0.2, 0.25) is 0 Å². The quantitative estimate of drug-likeness (QED) is 0.817. The largest absolute Gasteiger partial charge is 0.457 e. The van der Waals surface area contributed by atoms with Crippen LogP contribution in [0.4, 0.5) is 0 Å². The van der Waals surface area contributed by atoms with E-state index < -0.39 is 0 Å². The molecule has 3 nitrogen and oxygen atoms in total. The molecule has 0 heterocycles. The van der Waals surface area contributed by atoms with Crippen molar-refractivity contribution in [3.8, 4) is 23.6 Å². The monoisotopic (exact) mass is 262 g/mol. The third-order valence-corrected chi connectivity index (χ3v) is 3.26. The molecule has 2 aromatic carbocycles. The Balaban J connectivity index is 2.49. The van der Waals surface area contributed by atoms with Crippen molar-refractivity contribution in [2.45, 2.75) is 20.8 Å². The van der Waals surface area contributed by atoms with Crippen LogP contribution in [0.25, 0.3) is 0 Å². The molecule has 0 bridgehead atoms. The van der Waals surface area contributed by atoms with Gasteiger partial charge in [-0.3, -0.25) is 0 Å². The standard InChI is InChI=1S/C17H14N2O/c1-11-4-5-12(2)17(13(11)3)20-16-7-14(9-18)6-15(8-16)10-19/h4-8H,1-3H3. The first kappa shape index (κ1) is 13.6. The zero-order valence-corrected chi connectivity index (χ0v) is 11.7. The molecule has 98 valence electrons. The van der Waals surface area contributed by atoms with Gasteiger partial charge in [0.2, 0.25) is 0 Å². The van der Waals surface area contributed by atoms with Gasteiger partial charge in [-0.25, -0.2) is 0 Å². The van der Waals surface area contributed by atoms with E-state index in [0.29, 0.717) is 16.9 Å². The Labute approximate surface area is 118 Å². The number of nitrogens with zero attached hydrogens (tertiary/aromatic N) is 2. The van der Waals surface area contributed by atoms with Crippen molar-refractivity contribution in [2.24, 2.45) is 0 Å². The fourth-order valence-electron chi connectivity index (χ4n) is 1.99. The third kappa shape index (κ3) is 2.63. The molecule has 0 saturated heterocycles. The van der Waals surface area contributed by atoms with Gasteiger partial charge in [0.05, 0.1) is 23.3 Å². The summed E-state index contributed by atoms with van der Waals surface area (Å²) in [6.07, 6.45) is 0. The highest BCUT2D eigenvalue weighted by Crippen LogP contribution is 2.31. The molecular weight excluding hydrogens is 248 g/mol. The van der Waals surface area contributed by atoms with E-state index in [1.807, 2.05) is 45.0 Å². The molecule has 0 saturated carbocycles. The molecule has 0 unspecified atom stereocenters. The average molecular weight is 262 g/mol. The second-order valence-electron chi connectivity index (χ2n) is 4.73. The van der Waals surface area contributed by atoms with Gasteiger partial charge in [0, 0.05) is 0 Å². The summed E-state index contributed by atoms with van der Waals surface area (Å²) in [6.45, 7) is 5.99. The van der Waals surface area contributed by atoms with Crippen LogP contribution in [-0.4, -0.2) is 0 Å². The molecule has 2 aromatic rings. The number of aryl methyl sites for hydroxylation is 2. The van der Waals surface area contributed by atoms with Crippen LogP contribution in [-0.2, 0) is 0 Å². The summed E-state index contributed by atoms with van der Waals surface area (Å²) < 4.78 is 5.90. The van der Waals surface area contributed by atoms with Crippen molar-refractivity contribution in [3.05, 3.63) is 58.1 Å². The number of rotatable bonds is 2. The van der Waals surface area contributed by atoms with Gasteiger partial charge in [-0.05, 0) is 55.7 Å². The lowest BCUT2D eigenvalue weighted by Crippen LogP contribution is -1.94. The fourth-order valence-corrected chi connectivity index (χ4v) is 1.99. The van der Waals surface area contributed by atoms with E-state index in [-0.39, 0.29) is 0 Å². The third-order valence-electron chi connectivity index (χ3n) is 3.26. The number of hydrogen-bond donors (Lipinski definition) is 0. The van der Waals surface area contributed by atoms with Gasteiger partial charge >= 0.3 is 0 Å². The van der Waals surface area contributed by atoms with Crippen LogP contribution < -0.4 is 4.74 Å². The van der Waals surface area contributed by atoms with E-state index in [1.165, 1.54) is 0 Å². The lowest BCUT2D eigenvalue weighted by atomic mass is 10.1. The smallest absolute Gasteiger partial charge is 0.133 e. The minimum absolute atomic E-state index is 0.419. The molecule has 2 rings (SSSR count). The summed E-state index contributed by atoms with van der Waals surface area (Å²) in [5.41, 5.74) is 4.06. The van der Waals surface area contributed by atoms with Crippen LogP contribution in [0.3, 0.4) is 0 Å². The molecule has 0 fully saturated rings. The summed E-state index contributed by atoms with van der Waals surface area (Å²) >= 11 is 0. The maximum atomic E-state index is 8.99. The van der Waals surface area contributed by atoms with Crippen molar-refractivity contribution >= 4 is 0 Å². The predicted molar refractivity (Wildman–Crippen MR) is 76.6 cm³/mol. The fraction of sp³-hybridized carbons (Fsp3) is 0.176. The normalized spacial score (nSPS) is 9.65. The van der Waals surface area contributed by atoms with Gasteiger partial charge in [-0.15, -0.1) is 0 Å². The molecule has 20 heavy (non-hydrogen) atoms. The Kier molecular flexibility index (Phi) is 3.73. The Morgan fingerprint density at radius 3 is 1.95 bits per heavy atom. The number of nitriles is 2. The van der Waals surface area contributed by atoms with Gasteiger partial charge in [-0.2, -0.15) is 10.5 Å². The minimum atomic E-state index is 0.419. The van der Waals surface area contributed by atoms with Crippen LogP contribution >= 0.6 is 0 Å². The number of ether oxygens (including phenoxy) is 1. The highest BCUT2D eigenvalue weighted by atomic mass is 16.5. The zero-order valence-electron chi connectivity index (χ0n) is 11.7. The van der Waals surface area contributed by atoms with Crippen molar-refractivity contribution in [1.82, 2.24) is 0 Å². The van der Waals surface area contributed by atoms with Crippen molar-refractivity contribution < 1.29 is 4.74 Å². The van der Waals surface area contributed by atoms with Crippen molar-refractivity contribution in [1.29, 1.82) is 10.5 Å². The Bertz CT molecular complexity index is 717. The second kappa shape index (κ2) is 5.47. The summed E-state index contributed by atoms with van der Waals surface area (Å²) in [6, 6.07) is 12.9. The first-order valence-corrected chi connectivity index (χ1v) is 6.25. The van der Waals surface area contributed by atoms with Gasteiger partial charge in [0.25, 0.3) is 0 Å². The lowest BCUT2D eigenvalue weighted by Gasteiger charge is -2.14. The van der Waals surface area contributed by atoms with Gasteiger partial charge < -0.3 is 4.74 Å². The maximum Gasteiger partial charge on any atom is 0.133 e. The summed E-state index contributed by atoms with van der Waals surface area (Å²) in [5.74, 6) is 1.29. The van der Waals surface area contributed by atoms with E-state index in [9.17, 15) is 0 Å². The van der Waals surface area contributed by atoms with E-state index in [4.69, 9.17) is 15.3 Å². The molecule has 0 aliphatic carbocycles. The summed E-state index contributed by atoms with van der Waals surface area (Å²) in [7, 11) is 0. The molecule has 0 aliphatic heterocycles. The summed E-state index contributed by atoms with van der Waals surface area (Å²) in [4.78, 5) is 0. The Morgan fingerprint density at radius 2 is 1.40 bits per heavy atom. The van der Waals surface area contributed by atoms with Crippen molar-refractivity contribution in [3.63, 3.8) is 0 Å². The molecule has 0 atom stereocenters. The average Bonchev–Trinajstić information content (AvgIpc) is 2.47. The molecule has 0 amide bonds. The first-order valence-electron chi connectivity index (χ1n) is 6.25. The lowest BCUT2D eigenvalue weighted by molar-refractivity contribution is 0.474. The highest BCUT2D eigenvalue weighted by Gasteiger charge is 2.09. The van der Waals surface area contributed by atoms with Crippen LogP contribution in [0, 0.1) is 43.4 Å². The van der Waals surface area contributed by atoms with E-state index in [1.54, 1.807) is 18.2 Å². The zero-order chi connectivity index (χ0) is 14.7. The van der Waals surface area contributed by atoms with Gasteiger partial charge in [0.1, 0.15) is 11.5 Å². The maximum absolute atomic E-state index is 8.99. The van der Waals surface area contributed by atoms with Crippen LogP contribution in [0.15, 0.2) is 30.3 Å². The number of benzene rings is 2. The SMILES string of the molecule is Cc1ccc(C)c(Oc2cc(C#N)cc(C#N)c2)c1C. The Hall–Kier alpha value is -2.78. The van der Waals surface area contributed by atoms with E-state index in [0.717, 1.165) is 22.4 Å². The molecule has 0 radical (unpaired) electrons. The molecule has 0 spiro atoms. The predicted octanol–water partition coefficient (Wildman–Crippen LogP) is 4.15. The molecule has 0 aromatic heterocycles. The van der Waals surface area contributed by atoms with Crippen LogP contribution in [0.1, 0.15) is 27.8 Å². The second-order valence-corrected chi connectivity index (χ2v) is 4.73. The first-order chi connectivity index (χ1) is 9.55. The summed E-state index contributed by atoms with van der Waals surface area (Å²) in [5, 5.41) is 18.0. The molecule has 3 heteroatoms. The molecular formula is C17H14N2O. The number of hydrogen-bond acceptors (Lipinski definition) is 3. The van der Waals surface area contributed by atoms with Crippen LogP contribution in [0.5, 0.6) is 11.5 Å². The topological polar surface area (TPSA) is 56.8 Å². The van der Waals surface area contributed by atoms with Crippen molar-refractivity contribution in [2.75, 3.05) is 0 Å². The Morgan fingerprint density at radius 1 is 0.850 bits per heavy atom. The highest BCUT2D eigenvalue weighted by molar-refractivity contribution is 5.50.